The summed E-state index contributed by atoms with van der Waals surface area (Å²) in [6, 6.07) is 8.80. The van der Waals surface area contributed by atoms with Crippen molar-refractivity contribution in [2.45, 2.75) is 0 Å². The molecule has 108 valence electrons. The lowest BCUT2D eigenvalue weighted by Gasteiger charge is -2.24. The van der Waals surface area contributed by atoms with Crippen LogP contribution in [0, 0.1) is 0 Å². The van der Waals surface area contributed by atoms with E-state index in [0.717, 1.165) is 0 Å². The number of carbonyl (C=O) groups excluding carboxylic acids is 2. The molecule has 0 radical (unpaired) electrons. The maximum Gasteiger partial charge on any atom is 0.254 e. The molecular formula is C15H20N2O3. The minimum atomic E-state index is -0.217. The number of benzene rings is 1. The molecule has 20 heavy (non-hydrogen) atoms. The van der Waals surface area contributed by atoms with Gasteiger partial charge in [-0.15, -0.1) is 6.58 Å². The van der Waals surface area contributed by atoms with Crippen molar-refractivity contribution in [3.05, 3.63) is 48.6 Å². The zero-order valence-corrected chi connectivity index (χ0v) is 11.7. The summed E-state index contributed by atoms with van der Waals surface area (Å²) in [5.41, 5.74) is 0.542. The van der Waals surface area contributed by atoms with E-state index < -0.39 is 0 Å². The Hall–Kier alpha value is -2.14. The number of aliphatic hydroxyl groups is 1. The van der Waals surface area contributed by atoms with Gasteiger partial charge < -0.3 is 14.9 Å². The van der Waals surface area contributed by atoms with Gasteiger partial charge in [-0.1, -0.05) is 24.3 Å². The molecule has 0 aliphatic carbocycles. The van der Waals surface area contributed by atoms with Crippen LogP contribution in [0.3, 0.4) is 0 Å². The second-order valence-corrected chi connectivity index (χ2v) is 4.38. The van der Waals surface area contributed by atoms with Crippen LogP contribution in [0.15, 0.2) is 43.0 Å². The fraction of sp³-hybridized carbons (Fsp3) is 0.333. The zero-order valence-electron chi connectivity index (χ0n) is 11.7. The molecular weight excluding hydrogens is 256 g/mol. The number of hydrogen-bond donors (Lipinski definition) is 1. The van der Waals surface area contributed by atoms with E-state index in [4.69, 9.17) is 5.11 Å². The minimum absolute atomic E-state index is 0.0262. The highest BCUT2D eigenvalue weighted by Crippen LogP contribution is 2.03. The Kier molecular flexibility index (Phi) is 6.46. The average molecular weight is 276 g/mol. The van der Waals surface area contributed by atoms with Gasteiger partial charge in [0.1, 0.15) is 0 Å². The standard InChI is InChI=1S/C15H20N2O3/c1-3-9-17(10-11-18)14(19)12-16(2)15(20)13-7-5-4-6-8-13/h3-8,18H,1,9-12H2,2H3. The monoisotopic (exact) mass is 276 g/mol. The first-order valence-electron chi connectivity index (χ1n) is 6.40. The SMILES string of the molecule is C=CCN(CCO)C(=O)CN(C)C(=O)c1ccccc1. The summed E-state index contributed by atoms with van der Waals surface area (Å²) in [7, 11) is 1.58. The summed E-state index contributed by atoms with van der Waals surface area (Å²) >= 11 is 0. The van der Waals surface area contributed by atoms with Crippen LogP contribution in [0.1, 0.15) is 10.4 Å². The van der Waals surface area contributed by atoms with Crippen LogP contribution in [0.25, 0.3) is 0 Å². The van der Waals surface area contributed by atoms with Gasteiger partial charge in [0.2, 0.25) is 5.91 Å². The van der Waals surface area contributed by atoms with Gasteiger partial charge in [0, 0.05) is 25.7 Å². The van der Waals surface area contributed by atoms with E-state index in [2.05, 4.69) is 6.58 Å². The predicted octanol–water partition coefficient (Wildman–Crippen LogP) is 0.765. The highest BCUT2D eigenvalue weighted by molar-refractivity contribution is 5.96. The normalized spacial score (nSPS) is 9.90. The first-order valence-corrected chi connectivity index (χ1v) is 6.40. The van der Waals surface area contributed by atoms with Crippen molar-refractivity contribution in [3.63, 3.8) is 0 Å². The van der Waals surface area contributed by atoms with E-state index in [-0.39, 0.29) is 31.5 Å². The largest absolute Gasteiger partial charge is 0.395 e. The van der Waals surface area contributed by atoms with Crippen LogP contribution in [0.5, 0.6) is 0 Å². The van der Waals surface area contributed by atoms with E-state index >= 15 is 0 Å². The number of likely N-dealkylation sites (N-methyl/N-ethyl adjacent to an activating group) is 1. The van der Waals surface area contributed by atoms with Crippen molar-refractivity contribution in [2.24, 2.45) is 0 Å². The first-order chi connectivity index (χ1) is 9.60. The second-order valence-electron chi connectivity index (χ2n) is 4.38. The third-order valence-electron chi connectivity index (χ3n) is 2.81. The van der Waals surface area contributed by atoms with E-state index in [0.29, 0.717) is 12.1 Å². The average Bonchev–Trinajstić information content (AvgIpc) is 2.47. The molecule has 5 nitrogen and oxygen atoms in total. The van der Waals surface area contributed by atoms with Gasteiger partial charge in [-0.25, -0.2) is 0 Å². The molecule has 0 unspecified atom stereocenters. The lowest BCUT2D eigenvalue weighted by atomic mass is 10.2. The maximum absolute atomic E-state index is 12.1. The summed E-state index contributed by atoms with van der Waals surface area (Å²) in [6.07, 6.45) is 1.59. The first kappa shape index (κ1) is 15.9. The number of aliphatic hydroxyl groups excluding tert-OH is 1. The Morgan fingerprint density at radius 3 is 2.50 bits per heavy atom. The predicted molar refractivity (Wildman–Crippen MR) is 77.3 cm³/mol. The Labute approximate surface area is 119 Å². The van der Waals surface area contributed by atoms with Crippen LogP contribution < -0.4 is 0 Å². The molecule has 1 aromatic rings. The van der Waals surface area contributed by atoms with Gasteiger partial charge in [-0.2, -0.15) is 0 Å². The molecule has 0 aliphatic heterocycles. The maximum atomic E-state index is 12.1. The molecule has 0 aromatic heterocycles. The number of rotatable bonds is 7. The lowest BCUT2D eigenvalue weighted by Crippen LogP contribution is -2.42. The van der Waals surface area contributed by atoms with Gasteiger partial charge >= 0.3 is 0 Å². The fourth-order valence-electron chi connectivity index (χ4n) is 1.77. The van der Waals surface area contributed by atoms with Gasteiger partial charge in [0.15, 0.2) is 0 Å². The third-order valence-corrected chi connectivity index (χ3v) is 2.81. The smallest absolute Gasteiger partial charge is 0.254 e. The van der Waals surface area contributed by atoms with E-state index in [1.807, 2.05) is 6.07 Å². The molecule has 0 saturated carbocycles. The molecule has 0 heterocycles. The van der Waals surface area contributed by atoms with Crippen molar-refractivity contribution in [1.29, 1.82) is 0 Å². The summed E-state index contributed by atoms with van der Waals surface area (Å²) in [4.78, 5) is 27.0. The van der Waals surface area contributed by atoms with Gasteiger partial charge in [0.05, 0.1) is 13.2 Å². The topological polar surface area (TPSA) is 60.9 Å². The Morgan fingerprint density at radius 2 is 1.95 bits per heavy atom. The summed E-state index contributed by atoms with van der Waals surface area (Å²) < 4.78 is 0. The summed E-state index contributed by atoms with van der Waals surface area (Å²) in [5.74, 6) is -0.424. The lowest BCUT2D eigenvalue weighted by molar-refractivity contribution is -0.131. The quantitative estimate of drug-likeness (QED) is 0.748. The van der Waals surface area contributed by atoms with E-state index in [1.54, 1.807) is 37.4 Å². The number of carbonyl (C=O) groups is 2. The zero-order chi connectivity index (χ0) is 15.0. The highest BCUT2D eigenvalue weighted by Gasteiger charge is 2.18. The molecule has 0 spiro atoms. The summed E-state index contributed by atoms with van der Waals surface area (Å²) in [6.45, 7) is 4.02. The number of nitrogens with zero attached hydrogens (tertiary/aromatic N) is 2. The van der Waals surface area contributed by atoms with Crippen molar-refractivity contribution in [3.8, 4) is 0 Å². The molecule has 0 fully saturated rings. The second kappa shape index (κ2) is 8.12. The molecule has 0 bridgehead atoms. The Morgan fingerprint density at radius 1 is 1.30 bits per heavy atom. The molecule has 2 amide bonds. The Bertz CT molecular complexity index is 459. The molecule has 1 rings (SSSR count). The third kappa shape index (κ3) is 4.51. The minimum Gasteiger partial charge on any atom is -0.395 e. The molecule has 0 aliphatic rings. The molecule has 0 atom stereocenters. The molecule has 0 saturated heterocycles. The van der Waals surface area contributed by atoms with Crippen LogP contribution in [-0.2, 0) is 4.79 Å². The van der Waals surface area contributed by atoms with Crippen molar-refractivity contribution < 1.29 is 14.7 Å². The van der Waals surface area contributed by atoms with Gasteiger partial charge in [-0.05, 0) is 12.1 Å². The number of amides is 2. The van der Waals surface area contributed by atoms with E-state index in [9.17, 15) is 9.59 Å². The van der Waals surface area contributed by atoms with Crippen molar-refractivity contribution in [1.82, 2.24) is 9.80 Å². The fourth-order valence-corrected chi connectivity index (χ4v) is 1.77. The van der Waals surface area contributed by atoms with E-state index in [1.165, 1.54) is 9.80 Å². The number of hydrogen-bond acceptors (Lipinski definition) is 3. The van der Waals surface area contributed by atoms with Crippen LogP contribution >= 0.6 is 0 Å². The molecule has 1 N–H and O–H groups in total. The van der Waals surface area contributed by atoms with Crippen LogP contribution in [-0.4, -0.2) is 60.0 Å². The van der Waals surface area contributed by atoms with Gasteiger partial charge in [0.25, 0.3) is 5.91 Å². The Balaban J connectivity index is 2.64. The van der Waals surface area contributed by atoms with Crippen LogP contribution in [0.2, 0.25) is 0 Å². The van der Waals surface area contributed by atoms with Crippen molar-refractivity contribution >= 4 is 11.8 Å². The van der Waals surface area contributed by atoms with Crippen molar-refractivity contribution in [2.75, 3.05) is 33.3 Å². The molecule has 5 heteroatoms. The summed E-state index contributed by atoms with van der Waals surface area (Å²) in [5, 5.41) is 8.92. The molecule has 1 aromatic carbocycles. The van der Waals surface area contributed by atoms with Crippen LogP contribution in [0.4, 0.5) is 0 Å². The highest BCUT2D eigenvalue weighted by atomic mass is 16.3. The van der Waals surface area contributed by atoms with Gasteiger partial charge in [-0.3, -0.25) is 9.59 Å².